The topological polar surface area (TPSA) is 71.2 Å². The number of carbonyl (C=O) groups is 1. The third-order valence-electron chi connectivity index (χ3n) is 2.16. The van der Waals surface area contributed by atoms with E-state index in [0.29, 0.717) is 12.1 Å². The first kappa shape index (κ1) is 13.4. The molecule has 0 bridgehead atoms. The van der Waals surface area contributed by atoms with Crippen LogP contribution in [0.3, 0.4) is 0 Å². The van der Waals surface area contributed by atoms with Crippen LogP contribution in [-0.4, -0.2) is 27.6 Å². The summed E-state index contributed by atoms with van der Waals surface area (Å²) in [4.78, 5) is 15.7. The highest BCUT2D eigenvalue weighted by atomic mass is 32.1. The van der Waals surface area contributed by atoms with Crippen molar-refractivity contribution in [2.75, 3.05) is 6.54 Å². The van der Waals surface area contributed by atoms with Crippen molar-refractivity contribution in [2.45, 2.75) is 19.8 Å². The van der Waals surface area contributed by atoms with E-state index in [1.807, 2.05) is 0 Å². The van der Waals surface area contributed by atoms with Crippen LogP contribution in [0.2, 0.25) is 0 Å². The summed E-state index contributed by atoms with van der Waals surface area (Å²) in [6, 6.07) is 3.38. The Hall–Kier alpha value is -1.69. The molecule has 0 atom stereocenters. The summed E-state index contributed by atoms with van der Waals surface area (Å²) in [5, 5.41) is 1.64. The van der Waals surface area contributed by atoms with Gasteiger partial charge in [-0.05, 0) is 30.8 Å². The molecule has 3 N–H and O–H groups in total. The van der Waals surface area contributed by atoms with E-state index in [2.05, 4.69) is 17.3 Å². The number of hydrazine groups is 1. The molecule has 5 nitrogen and oxygen atoms in total. The van der Waals surface area contributed by atoms with Crippen molar-refractivity contribution in [1.82, 2.24) is 15.4 Å². The van der Waals surface area contributed by atoms with E-state index in [1.54, 1.807) is 18.3 Å². The van der Waals surface area contributed by atoms with Crippen molar-refractivity contribution < 1.29 is 4.79 Å². The van der Waals surface area contributed by atoms with Crippen LogP contribution in [0.15, 0.2) is 24.5 Å². The molecule has 1 aromatic rings. The predicted molar refractivity (Wildman–Crippen MR) is 70.1 cm³/mol. The minimum absolute atomic E-state index is 0.163. The first-order valence-electron chi connectivity index (χ1n) is 5.43. The Morgan fingerprint density at radius 1 is 1.65 bits per heavy atom. The maximum Gasteiger partial charge on any atom is 0.271 e. The molecule has 0 aliphatic heterocycles. The van der Waals surface area contributed by atoms with Crippen LogP contribution < -0.4 is 11.2 Å². The van der Waals surface area contributed by atoms with Gasteiger partial charge in [0.1, 0.15) is 0 Å². The van der Waals surface area contributed by atoms with Crippen LogP contribution in [0.1, 0.15) is 30.1 Å². The van der Waals surface area contributed by atoms with E-state index in [0.717, 1.165) is 12.8 Å². The Balaban J connectivity index is 2.61. The molecule has 1 rings (SSSR count). The lowest BCUT2D eigenvalue weighted by molar-refractivity contribution is 0.0869. The Morgan fingerprint density at radius 3 is 2.94 bits per heavy atom. The summed E-state index contributed by atoms with van der Waals surface area (Å²) in [5.41, 5.74) is 8.66. The largest absolute Gasteiger partial charge is 0.375 e. The molecule has 1 heterocycles. The monoisotopic (exact) mass is 252 g/mol. The van der Waals surface area contributed by atoms with Gasteiger partial charge < -0.3 is 5.73 Å². The highest BCUT2D eigenvalue weighted by Gasteiger charge is 2.11. The smallest absolute Gasteiger partial charge is 0.271 e. The molecule has 0 fully saturated rings. The van der Waals surface area contributed by atoms with Gasteiger partial charge in [0.25, 0.3) is 5.91 Å². The number of carbonyl (C=O) groups excluding carboxylic acids is 1. The number of amides is 1. The van der Waals surface area contributed by atoms with Crippen LogP contribution in [0.4, 0.5) is 0 Å². The van der Waals surface area contributed by atoms with Gasteiger partial charge in [0.05, 0.1) is 5.56 Å². The summed E-state index contributed by atoms with van der Waals surface area (Å²) in [7, 11) is 0. The number of hydrogen-bond donors (Lipinski definition) is 2. The van der Waals surface area contributed by atoms with Crippen LogP contribution in [0.5, 0.6) is 0 Å². The molecule has 0 radical (unpaired) electrons. The Bertz CT molecular complexity index is 382. The molecule has 92 valence electrons. The van der Waals surface area contributed by atoms with Gasteiger partial charge in [-0.25, -0.2) is 0 Å². The number of nitrogens with two attached hydrogens (primary N) is 1. The lowest BCUT2D eigenvalue weighted by Crippen LogP contribution is -2.49. The number of unbranched alkanes of at least 4 members (excludes halogenated alkanes) is 1. The summed E-state index contributed by atoms with van der Waals surface area (Å²) >= 11 is 4.87. The van der Waals surface area contributed by atoms with Crippen LogP contribution >= 0.6 is 12.2 Å². The zero-order valence-corrected chi connectivity index (χ0v) is 10.5. The van der Waals surface area contributed by atoms with E-state index in [-0.39, 0.29) is 11.0 Å². The van der Waals surface area contributed by atoms with Gasteiger partial charge in [-0.1, -0.05) is 13.3 Å². The Kier molecular flexibility index (Phi) is 5.35. The zero-order valence-electron chi connectivity index (χ0n) is 9.72. The van der Waals surface area contributed by atoms with E-state index in [4.69, 9.17) is 18.0 Å². The third-order valence-corrected chi connectivity index (χ3v) is 2.38. The quantitative estimate of drug-likeness (QED) is 0.619. The second kappa shape index (κ2) is 6.80. The van der Waals surface area contributed by atoms with Crippen molar-refractivity contribution in [3.05, 3.63) is 30.1 Å². The maximum atomic E-state index is 11.8. The molecule has 0 aliphatic rings. The first-order chi connectivity index (χ1) is 8.15. The van der Waals surface area contributed by atoms with Crippen molar-refractivity contribution in [3.63, 3.8) is 0 Å². The predicted octanol–water partition coefficient (Wildman–Crippen LogP) is 1.07. The molecule has 0 aliphatic carbocycles. The summed E-state index contributed by atoms with van der Waals surface area (Å²) in [6.07, 6.45) is 5.01. The molecular weight excluding hydrogens is 236 g/mol. The van der Waals surface area contributed by atoms with Crippen molar-refractivity contribution in [3.8, 4) is 0 Å². The van der Waals surface area contributed by atoms with Gasteiger partial charge >= 0.3 is 0 Å². The van der Waals surface area contributed by atoms with Crippen LogP contribution in [0.25, 0.3) is 0 Å². The van der Waals surface area contributed by atoms with Crippen LogP contribution in [-0.2, 0) is 0 Å². The second-order valence-corrected chi connectivity index (χ2v) is 3.94. The van der Waals surface area contributed by atoms with Crippen molar-refractivity contribution >= 4 is 23.2 Å². The average Bonchev–Trinajstić information content (AvgIpc) is 2.35. The molecule has 1 amide bonds. The number of rotatable bonds is 4. The minimum Gasteiger partial charge on any atom is -0.375 e. The van der Waals surface area contributed by atoms with Crippen molar-refractivity contribution in [2.24, 2.45) is 5.73 Å². The highest BCUT2D eigenvalue weighted by Crippen LogP contribution is 1.98. The van der Waals surface area contributed by atoms with Gasteiger partial charge in [-0.15, -0.1) is 0 Å². The van der Waals surface area contributed by atoms with E-state index in [1.165, 1.54) is 11.2 Å². The fourth-order valence-corrected chi connectivity index (χ4v) is 1.36. The van der Waals surface area contributed by atoms with Crippen LogP contribution in [0, 0.1) is 0 Å². The molecule has 0 saturated carbocycles. The number of hydrogen-bond acceptors (Lipinski definition) is 3. The molecule has 0 aromatic carbocycles. The zero-order chi connectivity index (χ0) is 12.7. The number of aromatic nitrogens is 1. The molecule has 17 heavy (non-hydrogen) atoms. The maximum absolute atomic E-state index is 11.8. The van der Waals surface area contributed by atoms with E-state index in [9.17, 15) is 4.79 Å². The Labute approximate surface area is 106 Å². The standard InChI is InChI=1S/C11H16N4OS/c1-2-3-7-15(11(12)17)14-10(16)9-5-4-6-13-8-9/h4-6,8H,2-3,7H2,1H3,(H2,12,17)(H,14,16). The SMILES string of the molecule is CCCCN(NC(=O)c1cccnc1)C(N)=S. The molecule has 6 heteroatoms. The third kappa shape index (κ3) is 4.36. The Morgan fingerprint density at radius 2 is 2.41 bits per heavy atom. The van der Waals surface area contributed by atoms with Gasteiger partial charge in [-0.3, -0.25) is 20.2 Å². The second-order valence-electron chi connectivity index (χ2n) is 3.53. The summed E-state index contributed by atoms with van der Waals surface area (Å²) in [6.45, 7) is 2.67. The molecule has 0 saturated heterocycles. The molecule has 0 unspecified atom stereocenters. The summed E-state index contributed by atoms with van der Waals surface area (Å²) in [5.74, 6) is -0.262. The number of nitrogens with zero attached hydrogens (tertiary/aromatic N) is 2. The van der Waals surface area contributed by atoms with Gasteiger partial charge in [0, 0.05) is 18.9 Å². The number of thiocarbonyl (C=S) groups is 1. The highest BCUT2D eigenvalue weighted by molar-refractivity contribution is 7.80. The molecule has 0 spiro atoms. The fourth-order valence-electron chi connectivity index (χ4n) is 1.22. The van der Waals surface area contributed by atoms with E-state index >= 15 is 0 Å². The van der Waals surface area contributed by atoms with Crippen molar-refractivity contribution in [1.29, 1.82) is 0 Å². The lowest BCUT2D eigenvalue weighted by atomic mass is 10.3. The minimum atomic E-state index is -0.262. The first-order valence-corrected chi connectivity index (χ1v) is 5.84. The molecular formula is C11H16N4OS. The number of pyridine rings is 1. The average molecular weight is 252 g/mol. The van der Waals surface area contributed by atoms with Gasteiger partial charge in [-0.2, -0.15) is 0 Å². The number of nitrogens with one attached hydrogen (secondary N) is 1. The summed E-state index contributed by atoms with van der Waals surface area (Å²) < 4.78 is 0. The fraction of sp³-hybridized carbons (Fsp3) is 0.364. The van der Waals surface area contributed by atoms with Gasteiger partial charge in [0.15, 0.2) is 5.11 Å². The normalized spacial score (nSPS) is 9.71. The van der Waals surface area contributed by atoms with Gasteiger partial charge in [0.2, 0.25) is 0 Å². The molecule has 1 aromatic heterocycles. The lowest BCUT2D eigenvalue weighted by Gasteiger charge is -2.22. The van der Waals surface area contributed by atoms with E-state index < -0.39 is 0 Å².